The quantitative estimate of drug-likeness (QED) is 0.430. The van der Waals surface area contributed by atoms with Gasteiger partial charge in [0.25, 0.3) is 0 Å². The molecule has 2 unspecified atom stereocenters. The number of aromatic nitrogens is 3. The van der Waals surface area contributed by atoms with E-state index in [4.69, 9.17) is 9.73 Å². The normalized spacial score (nSPS) is 18.5. The van der Waals surface area contributed by atoms with Gasteiger partial charge in [0.15, 0.2) is 0 Å². The standard InChI is InChI=1S/C28H20N4O/c1-2-10-26-25(9-1)32-28(33-26)27-23(20-7-4-12-30-17-20)14-22(19-6-3-11-29-16-19)15-24(27)21-8-5-13-31-18-21/h1-18,25-26H. The Kier molecular flexibility index (Phi) is 4.85. The van der Waals surface area contributed by atoms with Crippen molar-refractivity contribution < 1.29 is 4.74 Å². The van der Waals surface area contributed by atoms with Gasteiger partial charge >= 0.3 is 0 Å². The summed E-state index contributed by atoms with van der Waals surface area (Å²) >= 11 is 0. The van der Waals surface area contributed by atoms with E-state index in [2.05, 4.69) is 57.4 Å². The number of allylic oxidation sites excluding steroid dienone is 2. The third kappa shape index (κ3) is 3.64. The number of benzene rings is 1. The van der Waals surface area contributed by atoms with Crippen LogP contribution in [-0.4, -0.2) is 33.0 Å². The minimum absolute atomic E-state index is 0.0218. The molecule has 1 aromatic carbocycles. The van der Waals surface area contributed by atoms with E-state index in [0.29, 0.717) is 5.90 Å². The lowest BCUT2D eigenvalue weighted by atomic mass is 9.89. The highest BCUT2D eigenvalue weighted by Crippen LogP contribution is 2.39. The van der Waals surface area contributed by atoms with E-state index >= 15 is 0 Å². The van der Waals surface area contributed by atoms with Gasteiger partial charge in [0.05, 0.1) is 5.56 Å². The van der Waals surface area contributed by atoms with Crippen LogP contribution >= 0.6 is 0 Å². The highest BCUT2D eigenvalue weighted by molar-refractivity contribution is 6.09. The summed E-state index contributed by atoms with van der Waals surface area (Å²) in [6.45, 7) is 0. The zero-order valence-electron chi connectivity index (χ0n) is 17.7. The van der Waals surface area contributed by atoms with Gasteiger partial charge in [-0.15, -0.1) is 0 Å². The van der Waals surface area contributed by atoms with Crippen molar-refractivity contribution in [2.75, 3.05) is 0 Å². The molecular formula is C28H20N4O. The number of nitrogens with zero attached hydrogens (tertiary/aromatic N) is 4. The van der Waals surface area contributed by atoms with Crippen LogP contribution in [0.15, 0.2) is 115 Å². The Morgan fingerprint density at radius 3 is 1.76 bits per heavy atom. The van der Waals surface area contributed by atoms with Crippen LogP contribution in [0.5, 0.6) is 0 Å². The molecule has 2 aliphatic rings. The van der Waals surface area contributed by atoms with E-state index in [0.717, 1.165) is 38.9 Å². The minimum Gasteiger partial charge on any atom is -0.467 e. The second-order valence-electron chi connectivity index (χ2n) is 7.95. The summed E-state index contributed by atoms with van der Waals surface area (Å²) in [6.07, 6.45) is 19.0. The zero-order chi connectivity index (χ0) is 22.0. The highest BCUT2D eigenvalue weighted by atomic mass is 16.5. The first kappa shape index (κ1) is 19.3. The van der Waals surface area contributed by atoms with Crippen LogP contribution in [0.3, 0.4) is 0 Å². The molecular weight excluding hydrogens is 408 g/mol. The van der Waals surface area contributed by atoms with Crippen molar-refractivity contribution >= 4 is 5.90 Å². The van der Waals surface area contributed by atoms with E-state index in [1.165, 1.54) is 0 Å². The molecule has 5 nitrogen and oxygen atoms in total. The molecule has 0 amide bonds. The first-order valence-electron chi connectivity index (χ1n) is 10.9. The van der Waals surface area contributed by atoms with Gasteiger partial charge in [0.2, 0.25) is 5.90 Å². The largest absolute Gasteiger partial charge is 0.467 e. The van der Waals surface area contributed by atoms with Crippen molar-refractivity contribution in [1.29, 1.82) is 0 Å². The zero-order valence-corrected chi connectivity index (χ0v) is 17.7. The fraction of sp³-hybridized carbons (Fsp3) is 0.0714. The maximum atomic E-state index is 6.38. The molecule has 158 valence electrons. The Morgan fingerprint density at radius 1 is 0.636 bits per heavy atom. The van der Waals surface area contributed by atoms with E-state index in [1.807, 2.05) is 48.9 Å². The third-order valence-electron chi connectivity index (χ3n) is 5.86. The second kappa shape index (κ2) is 8.28. The summed E-state index contributed by atoms with van der Waals surface area (Å²) in [6, 6.07) is 16.4. The molecule has 1 aliphatic heterocycles. The summed E-state index contributed by atoms with van der Waals surface area (Å²) in [5.41, 5.74) is 7.04. The first-order chi connectivity index (χ1) is 16.4. The monoisotopic (exact) mass is 428 g/mol. The molecule has 3 aromatic heterocycles. The summed E-state index contributed by atoms with van der Waals surface area (Å²) in [4.78, 5) is 18.0. The Morgan fingerprint density at radius 2 is 1.21 bits per heavy atom. The van der Waals surface area contributed by atoms with Crippen LogP contribution in [0.2, 0.25) is 0 Å². The Balaban J connectivity index is 1.64. The molecule has 33 heavy (non-hydrogen) atoms. The molecule has 5 heteroatoms. The summed E-state index contributed by atoms with van der Waals surface area (Å²) in [5.74, 6) is 0.636. The van der Waals surface area contributed by atoms with E-state index in [-0.39, 0.29) is 12.1 Å². The number of hydrogen-bond acceptors (Lipinski definition) is 5. The van der Waals surface area contributed by atoms with E-state index in [9.17, 15) is 0 Å². The number of pyridine rings is 3. The van der Waals surface area contributed by atoms with Crippen LogP contribution < -0.4 is 0 Å². The first-order valence-corrected chi connectivity index (χ1v) is 10.9. The van der Waals surface area contributed by atoms with Crippen molar-refractivity contribution in [2.24, 2.45) is 4.99 Å². The smallest absolute Gasteiger partial charge is 0.218 e. The van der Waals surface area contributed by atoms with Gasteiger partial charge in [-0.3, -0.25) is 15.0 Å². The molecule has 0 spiro atoms. The Hall–Kier alpha value is -4.38. The van der Waals surface area contributed by atoms with Crippen LogP contribution in [0, 0.1) is 0 Å². The number of rotatable bonds is 4. The van der Waals surface area contributed by atoms with Gasteiger partial charge in [-0.1, -0.05) is 36.4 Å². The molecule has 1 aliphatic carbocycles. The van der Waals surface area contributed by atoms with Gasteiger partial charge in [-0.25, -0.2) is 4.99 Å². The van der Waals surface area contributed by atoms with Crippen LogP contribution in [0.25, 0.3) is 33.4 Å². The van der Waals surface area contributed by atoms with Crippen molar-refractivity contribution in [3.05, 3.63) is 116 Å². The van der Waals surface area contributed by atoms with E-state index in [1.54, 1.807) is 18.6 Å². The summed E-state index contributed by atoms with van der Waals surface area (Å²) in [7, 11) is 0. The fourth-order valence-electron chi connectivity index (χ4n) is 4.29. The Labute approximate surface area is 191 Å². The van der Waals surface area contributed by atoms with Crippen molar-refractivity contribution in [3.8, 4) is 33.4 Å². The molecule has 0 fully saturated rings. The lowest BCUT2D eigenvalue weighted by Crippen LogP contribution is -2.20. The molecule has 0 bridgehead atoms. The van der Waals surface area contributed by atoms with Gasteiger partial charge in [0.1, 0.15) is 12.1 Å². The van der Waals surface area contributed by atoms with Gasteiger partial charge in [0, 0.05) is 53.9 Å². The van der Waals surface area contributed by atoms with Gasteiger partial charge in [-0.2, -0.15) is 0 Å². The molecule has 4 heterocycles. The predicted octanol–water partition coefficient (Wildman–Crippen LogP) is 5.51. The highest BCUT2D eigenvalue weighted by Gasteiger charge is 2.32. The van der Waals surface area contributed by atoms with Gasteiger partial charge in [-0.05, 0) is 53.1 Å². The van der Waals surface area contributed by atoms with E-state index < -0.39 is 0 Å². The predicted molar refractivity (Wildman–Crippen MR) is 130 cm³/mol. The number of ether oxygens (including phenoxy) is 1. The number of aliphatic imine (C=N–C) groups is 1. The minimum atomic E-state index is -0.0912. The Bertz CT molecular complexity index is 1320. The van der Waals surface area contributed by atoms with Crippen molar-refractivity contribution in [3.63, 3.8) is 0 Å². The molecule has 0 radical (unpaired) electrons. The van der Waals surface area contributed by atoms with Crippen molar-refractivity contribution in [2.45, 2.75) is 12.1 Å². The lowest BCUT2D eigenvalue weighted by Gasteiger charge is -2.19. The molecule has 0 saturated heterocycles. The fourth-order valence-corrected chi connectivity index (χ4v) is 4.29. The summed E-state index contributed by atoms with van der Waals surface area (Å²) < 4.78 is 6.38. The molecule has 2 atom stereocenters. The third-order valence-corrected chi connectivity index (χ3v) is 5.86. The molecule has 0 saturated carbocycles. The maximum absolute atomic E-state index is 6.38. The van der Waals surface area contributed by atoms with Crippen LogP contribution in [0.1, 0.15) is 5.56 Å². The second-order valence-corrected chi connectivity index (χ2v) is 7.95. The average molecular weight is 428 g/mol. The molecule has 0 N–H and O–H groups in total. The average Bonchev–Trinajstić information content (AvgIpc) is 3.33. The van der Waals surface area contributed by atoms with Crippen LogP contribution in [-0.2, 0) is 4.74 Å². The maximum Gasteiger partial charge on any atom is 0.218 e. The van der Waals surface area contributed by atoms with Crippen LogP contribution in [0.4, 0.5) is 0 Å². The topological polar surface area (TPSA) is 60.3 Å². The number of fused-ring (bicyclic) bond motifs is 1. The molecule has 4 aromatic rings. The SMILES string of the molecule is C1=CC2N=C(c3c(-c4cccnc4)cc(-c4cccnc4)cc3-c3cccnc3)OC2C=C1. The lowest BCUT2D eigenvalue weighted by molar-refractivity contribution is 0.255. The molecule has 6 rings (SSSR count). The number of hydrogen-bond donors (Lipinski definition) is 0. The van der Waals surface area contributed by atoms with Crippen molar-refractivity contribution in [1.82, 2.24) is 15.0 Å². The summed E-state index contributed by atoms with van der Waals surface area (Å²) in [5, 5.41) is 0. The van der Waals surface area contributed by atoms with Gasteiger partial charge < -0.3 is 4.74 Å².